The number of halogens is 1. The van der Waals surface area contributed by atoms with E-state index in [9.17, 15) is 9.18 Å². The topological polar surface area (TPSA) is 47.3 Å². The summed E-state index contributed by atoms with van der Waals surface area (Å²) in [5, 5.41) is 8.87. The molecule has 2 aromatic rings. The fourth-order valence-electron chi connectivity index (χ4n) is 3.25. The molecule has 0 N–H and O–H groups in total. The average molecular weight is 351 g/mol. The van der Waals surface area contributed by atoms with Gasteiger partial charge in [-0.1, -0.05) is 24.3 Å². The second kappa shape index (κ2) is 8.59. The zero-order valence-corrected chi connectivity index (χ0v) is 14.7. The molecule has 0 atom stereocenters. The first-order chi connectivity index (χ1) is 12.6. The third-order valence-corrected chi connectivity index (χ3v) is 4.67. The summed E-state index contributed by atoms with van der Waals surface area (Å²) in [5.41, 5.74) is 2.55. The van der Waals surface area contributed by atoms with E-state index in [1.807, 2.05) is 29.2 Å². The van der Waals surface area contributed by atoms with Crippen LogP contribution in [0.3, 0.4) is 0 Å². The smallest absolute Gasteiger partial charge is 0.227 e. The first-order valence-corrected chi connectivity index (χ1v) is 8.87. The standard InChI is InChI=1S/C21H22FN3O/c22-20-4-1-3-19(13-20)14-21(26)25-10-2-9-24(11-12-25)16-18-7-5-17(15-23)6-8-18/h1,3-8,13H,2,9-12,14,16H2. The van der Waals surface area contributed by atoms with Crippen LogP contribution in [0.1, 0.15) is 23.1 Å². The molecule has 2 aromatic carbocycles. The quantitative estimate of drug-likeness (QED) is 0.851. The molecule has 134 valence electrons. The Labute approximate surface area is 153 Å². The summed E-state index contributed by atoms with van der Waals surface area (Å²) < 4.78 is 13.3. The Bertz CT molecular complexity index is 798. The molecule has 0 unspecified atom stereocenters. The molecule has 26 heavy (non-hydrogen) atoms. The van der Waals surface area contributed by atoms with Gasteiger partial charge < -0.3 is 4.90 Å². The Morgan fingerprint density at radius 2 is 1.85 bits per heavy atom. The van der Waals surface area contributed by atoms with Gasteiger partial charge in [0.05, 0.1) is 18.1 Å². The minimum absolute atomic E-state index is 0.0517. The van der Waals surface area contributed by atoms with Crippen LogP contribution in [0, 0.1) is 17.1 Å². The highest BCUT2D eigenvalue weighted by Crippen LogP contribution is 2.12. The Balaban J connectivity index is 1.54. The first-order valence-electron chi connectivity index (χ1n) is 8.87. The van der Waals surface area contributed by atoms with Crippen molar-refractivity contribution in [1.82, 2.24) is 9.80 Å². The van der Waals surface area contributed by atoms with Gasteiger partial charge in [-0.15, -0.1) is 0 Å². The van der Waals surface area contributed by atoms with E-state index in [0.717, 1.165) is 32.6 Å². The predicted molar refractivity (Wildman–Crippen MR) is 97.7 cm³/mol. The third kappa shape index (κ3) is 4.90. The van der Waals surface area contributed by atoms with Crippen molar-refractivity contribution >= 4 is 5.91 Å². The molecule has 1 saturated heterocycles. The molecule has 1 aliphatic rings. The molecule has 0 spiro atoms. The van der Waals surface area contributed by atoms with Gasteiger partial charge in [-0.05, 0) is 41.8 Å². The third-order valence-electron chi connectivity index (χ3n) is 4.67. The predicted octanol–water partition coefficient (Wildman–Crippen LogP) is 2.97. The molecule has 4 nitrogen and oxygen atoms in total. The zero-order chi connectivity index (χ0) is 18.4. The van der Waals surface area contributed by atoms with Crippen molar-refractivity contribution < 1.29 is 9.18 Å². The van der Waals surface area contributed by atoms with E-state index in [1.54, 1.807) is 12.1 Å². The van der Waals surface area contributed by atoms with Crippen molar-refractivity contribution in [1.29, 1.82) is 5.26 Å². The highest BCUT2D eigenvalue weighted by molar-refractivity contribution is 5.78. The van der Waals surface area contributed by atoms with Crippen molar-refractivity contribution in [2.75, 3.05) is 26.2 Å². The molecule has 0 radical (unpaired) electrons. The van der Waals surface area contributed by atoms with Gasteiger partial charge in [-0.2, -0.15) is 5.26 Å². The van der Waals surface area contributed by atoms with Crippen LogP contribution in [-0.4, -0.2) is 41.9 Å². The van der Waals surface area contributed by atoms with Crippen LogP contribution in [0.25, 0.3) is 0 Å². The first kappa shape index (κ1) is 18.1. The Morgan fingerprint density at radius 1 is 1.04 bits per heavy atom. The highest BCUT2D eigenvalue weighted by Gasteiger charge is 2.19. The van der Waals surface area contributed by atoms with E-state index in [-0.39, 0.29) is 18.1 Å². The van der Waals surface area contributed by atoms with Crippen LogP contribution < -0.4 is 0 Å². The number of benzene rings is 2. The number of hydrogen-bond donors (Lipinski definition) is 0. The molecule has 0 saturated carbocycles. The number of hydrogen-bond acceptors (Lipinski definition) is 3. The highest BCUT2D eigenvalue weighted by atomic mass is 19.1. The van der Waals surface area contributed by atoms with Crippen LogP contribution in [0.15, 0.2) is 48.5 Å². The summed E-state index contributed by atoms with van der Waals surface area (Å²) in [4.78, 5) is 16.7. The van der Waals surface area contributed by atoms with Gasteiger partial charge in [0.25, 0.3) is 0 Å². The van der Waals surface area contributed by atoms with Crippen LogP contribution in [0.5, 0.6) is 0 Å². The minimum Gasteiger partial charge on any atom is -0.341 e. The van der Waals surface area contributed by atoms with Crippen molar-refractivity contribution in [3.63, 3.8) is 0 Å². The fourth-order valence-corrected chi connectivity index (χ4v) is 3.25. The average Bonchev–Trinajstić information content (AvgIpc) is 2.88. The van der Waals surface area contributed by atoms with Crippen LogP contribution in [-0.2, 0) is 17.8 Å². The fraction of sp³-hybridized carbons (Fsp3) is 0.333. The number of amides is 1. The SMILES string of the molecule is N#Cc1ccc(CN2CCCN(C(=O)Cc3cccc(F)c3)CC2)cc1. The molecule has 5 heteroatoms. The second-order valence-electron chi connectivity index (χ2n) is 6.63. The molecule has 0 aliphatic carbocycles. The maximum absolute atomic E-state index is 13.3. The summed E-state index contributed by atoms with van der Waals surface area (Å²) in [7, 11) is 0. The lowest BCUT2D eigenvalue weighted by molar-refractivity contribution is -0.130. The van der Waals surface area contributed by atoms with Crippen LogP contribution in [0.4, 0.5) is 4.39 Å². The van der Waals surface area contributed by atoms with Gasteiger partial charge in [0.15, 0.2) is 0 Å². The lowest BCUT2D eigenvalue weighted by Gasteiger charge is -2.22. The molecule has 1 heterocycles. The van der Waals surface area contributed by atoms with Crippen molar-refractivity contribution in [3.8, 4) is 6.07 Å². The largest absolute Gasteiger partial charge is 0.341 e. The number of nitriles is 1. The van der Waals surface area contributed by atoms with E-state index in [0.29, 0.717) is 17.7 Å². The summed E-state index contributed by atoms with van der Waals surface area (Å²) in [6.45, 7) is 3.98. The minimum atomic E-state index is -0.306. The summed E-state index contributed by atoms with van der Waals surface area (Å²) >= 11 is 0. The molecule has 0 bridgehead atoms. The van der Waals surface area contributed by atoms with Crippen LogP contribution >= 0.6 is 0 Å². The maximum Gasteiger partial charge on any atom is 0.227 e. The summed E-state index contributed by atoms with van der Waals surface area (Å²) in [6.07, 6.45) is 1.17. The van der Waals surface area contributed by atoms with E-state index in [2.05, 4.69) is 11.0 Å². The Morgan fingerprint density at radius 3 is 2.58 bits per heavy atom. The number of nitrogens with zero attached hydrogens (tertiary/aromatic N) is 3. The van der Waals surface area contributed by atoms with Gasteiger partial charge in [-0.25, -0.2) is 4.39 Å². The molecular weight excluding hydrogens is 329 g/mol. The summed E-state index contributed by atoms with van der Waals surface area (Å²) in [5.74, 6) is -0.254. The number of rotatable bonds is 4. The molecular formula is C21H22FN3O. The molecule has 1 fully saturated rings. The van der Waals surface area contributed by atoms with E-state index >= 15 is 0 Å². The van der Waals surface area contributed by atoms with E-state index < -0.39 is 0 Å². The molecule has 0 aromatic heterocycles. The zero-order valence-electron chi connectivity index (χ0n) is 14.7. The van der Waals surface area contributed by atoms with Crippen molar-refractivity contribution in [3.05, 3.63) is 71.0 Å². The van der Waals surface area contributed by atoms with Gasteiger partial charge in [-0.3, -0.25) is 9.69 Å². The normalized spacial score (nSPS) is 15.3. The maximum atomic E-state index is 13.3. The Hall–Kier alpha value is -2.71. The van der Waals surface area contributed by atoms with Crippen molar-refractivity contribution in [2.24, 2.45) is 0 Å². The van der Waals surface area contributed by atoms with E-state index in [4.69, 9.17) is 5.26 Å². The van der Waals surface area contributed by atoms with E-state index in [1.165, 1.54) is 17.7 Å². The lowest BCUT2D eigenvalue weighted by atomic mass is 10.1. The van der Waals surface area contributed by atoms with Gasteiger partial charge in [0.1, 0.15) is 5.82 Å². The molecule has 3 rings (SSSR count). The monoisotopic (exact) mass is 351 g/mol. The molecule has 1 amide bonds. The lowest BCUT2D eigenvalue weighted by Crippen LogP contribution is -2.36. The van der Waals surface area contributed by atoms with Gasteiger partial charge in [0, 0.05) is 32.7 Å². The summed E-state index contributed by atoms with van der Waals surface area (Å²) in [6, 6.07) is 16.0. The van der Waals surface area contributed by atoms with Gasteiger partial charge in [0.2, 0.25) is 5.91 Å². The van der Waals surface area contributed by atoms with Crippen LogP contribution in [0.2, 0.25) is 0 Å². The Kier molecular flexibility index (Phi) is 5.98. The number of carbonyl (C=O) groups is 1. The second-order valence-corrected chi connectivity index (χ2v) is 6.63. The molecule has 1 aliphatic heterocycles. The van der Waals surface area contributed by atoms with Gasteiger partial charge >= 0.3 is 0 Å². The van der Waals surface area contributed by atoms with Crippen molar-refractivity contribution in [2.45, 2.75) is 19.4 Å². The number of carbonyl (C=O) groups excluding carboxylic acids is 1.